The number of aromatic nitrogens is 3. The Morgan fingerprint density at radius 1 is 1.36 bits per heavy atom. The van der Waals surface area contributed by atoms with E-state index in [1.165, 1.54) is 0 Å². The summed E-state index contributed by atoms with van der Waals surface area (Å²) in [5.74, 6) is 0.349. The number of piperidine rings is 1. The molecule has 6 nitrogen and oxygen atoms in total. The first-order chi connectivity index (χ1) is 10.6. The fourth-order valence-electron chi connectivity index (χ4n) is 2.76. The number of carbonyl (C=O) groups is 1. The van der Waals surface area contributed by atoms with Gasteiger partial charge < -0.3 is 10.2 Å². The van der Waals surface area contributed by atoms with Gasteiger partial charge in [-0.3, -0.25) is 4.79 Å². The van der Waals surface area contributed by atoms with E-state index >= 15 is 0 Å². The van der Waals surface area contributed by atoms with Crippen molar-refractivity contribution in [2.45, 2.75) is 19.3 Å². The van der Waals surface area contributed by atoms with Crippen LogP contribution < -0.4 is 10.2 Å². The highest BCUT2D eigenvalue weighted by molar-refractivity contribution is 5.79. The summed E-state index contributed by atoms with van der Waals surface area (Å²) in [7, 11) is 0. The van der Waals surface area contributed by atoms with Crippen molar-refractivity contribution >= 4 is 17.2 Å². The third kappa shape index (κ3) is 3.00. The maximum absolute atomic E-state index is 12.1. The van der Waals surface area contributed by atoms with E-state index in [1.54, 1.807) is 23.1 Å². The lowest BCUT2D eigenvalue weighted by Crippen LogP contribution is -2.42. The molecule has 3 heterocycles. The molecule has 0 aliphatic carbocycles. The number of hydrogen-bond donors (Lipinski definition) is 1. The largest absolute Gasteiger partial charge is 0.355 e. The summed E-state index contributed by atoms with van der Waals surface area (Å²) >= 11 is 0. The molecular formula is C14H17F2N5O. The summed E-state index contributed by atoms with van der Waals surface area (Å²) in [6, 6.07) is 1.89. The summed E-state index contributed by atoms with van der Waals surface area (Å²) in [5.41, 5.74) is 0.920. The van der Waals surface area contributed by atoms with Crippen molar-refractivity contribution in [2.75, 3.05) is 24.5 Å². The number of carbonyl (C=O) groups excluding carboxylic acids is 1. The Balaban J connectivity index is 1.62. The SMILES string of the molecule is O=C(NCC(F)F)C1CCN(c2nccn3nccc23)CC1. The lowest BCUT2D eigenvalue weighted by molar-refractivity contribution is -0.126. The van der Waals surface area contributed by atoms with Gasteiger partial charge in [-0.1, -0.05) is 0 Å². The normalized spacial score (nSPS) is 16.4. The van der Waals surface area contributed by atoms with Crippen molar-refractivity contribution < 1.29 is 13.6 Å². The lowest BCUT2D eigenvalue weighted by Gasteiger charge is -2.32. The topological polar surface area (TPSA) is 62.5 Å². The maximum atomic E-state index is 12.1. The minimum Gasteiger partial charge on any atom is -0.355 e. The van der Waals surface area contributed by atoms with Crippen LogP contribution in [0.1, 0.15) is 12.8 Å². The molecule has 1 N–H and O–H groups in total. The molecule has 0 aromatic carbocycles. The predicted molar refractivity (Wildman–Crippen MR) is 76.9 cm³/mol. The fourth-order valence-corrected chi connectivity index (χ4v) is 2.76. The zero-order valence-corrected chi connectivity index (χ0v) is 12.0. The third-order valence-corrected chi connectivity index (χ3v) is 3.90. The van der Waals surface area contributed by atoms with E-state index in [0.717, 1.165) is 11.3 Å². The molecule has 1 aliphatic heterocycles. The zero-order chi connectivity index (χ0) is 15.5. The summed E-state index contributed by atoms with van der Waals surface area (Å²) in [6.07, 6.45) is 3.94. The molecule has 3 rings (SSSR count). The van der Waals surface area contributed by atoms with Crippen LogP contribution in [0.5, 0.6) is 0 Å². The summed E-state index contributed by atoms with van der Waals surface area (Å²) < 4.78 is 26.0. The molecule has 0 unspecified atom stereocenters. The molecule has 0 bridgehead atoms. The molecule has 22 heavy (non-hydrogen) atoms. The van der Waals surface area contributed by atoms with Crippen LogP contribution in [-0.4, -0.2) is 46.6 Å². The summed E-state index contributed by atoms with van der Waals surface area (Å²) in [6.45, 7) is 0.769. The average molecular weight is 309 g/mol. The number of alkyl halides is 2. The van der Waals surface area contributed by atoms with Gasteiger partial charge in [0.25, 0.3) is 6.43 Å². The Kier molecular flexibility index (Phi) is 4.17. The minimum atomic E-state index is -2.51. The minimum absolute atomic E-state index is 0.209. The van der Waals surface area contributed by atoms with E-state index in [9.17, 15) is 13.6 Å². The van der Waals surface area contributed by atoms with Gasteiger partial charge in [0.05, 0.1) is 12.7 Å². The van der Waals surface area contributed by atoms with E-state index in [1.807, 2.05) is 6.07 Å². The van der Waals surface area contributed by atoms with Gasteiger partial charge >= 0.3 is 0 Å². The second-order valence-electron chi connectivity index (χ2n) is 5.31. The fraction of sp³-hybridized carbons (Fsp3) is 0.500. The number of hydrogen-bond acceptors (Lipinski definition) is 4. The molecule has 2 aromatic rings. The Labute approximate surface area is 126 Å². The zero-order valence-electron chi connectivity index (χ0n) is 12.0. The molecule has 1 fully saturated rings. The molecule has 8 heteroatoms. The van der Waals surface area contributed by atoms with E-state index < -0.39 is 13.0 Å². The van der Waals surface area contributed by atoms with Crippen molar-refractivity contribution in [3.63, 3.8) is 0 Å². The van der Waals surface area contributed by atoms with Gasteiger partial charge in [0.1, 0.15) is 5.52 Å². The van der Waals surface area contributed by atoms with Crippen LogP contribution in [0.3, 0.4) is 0 Å². The Morgan fingerprint density at radius 2 is 2.14 bits per heavy atom. The molecule has 0 spiro atoms. The molecule has 0 saturated carbocycles. The van der Waals surface area contributed by atoms with E-state index in [2.05, 4.69) is 20.3 Å². The van der Waals surface area contributed by atoms with Crippen molar-refractivity contribution in [2.24, 2.45) is 5.92 Å². The van der Waals surface area contributed by atoms with Crippen molar-refractivity contribution in [3.05, 3.63) is 24.7 Å². The molecule has 1 saturated heterocycles. The Hall–Kier alpha value is -2.25. The first-order valence-electron chi connectivity index (χ1n) is 7.24. The number of nitrogens with one attached hydrogen (secondary N) is 1. The average Bonchev–Trinajstić information content (AvgIpc) is 3.01. The number of rotatable bonds is 4. The number of amides is 1. The number of anilines is 1. The molecule has 118 valence electrons. The van der Waals surface area contributed by atoms with E-state index in [4.69, 9.17) is 0 Å². The van der Waals surface area contributed by atoms with Gasteiger partial charge in [-0.15, -0.1) is 0 Å². The van der Waals surface area contributed by atoms with Gasteiger partial charge in [-0.05, 0) is 18.9 Å². The number of fused-ring (bicyclic) bond motifs is 1. The number of halogens is 2. The van der Waals surface area contributed by atoms with Gasteiger partial charge in [0.15, 0.2) is 5.82 Å². The second kappa shape index (κ2) is 6.25. The van der Waals surface area contributed by atoms with Crippen molar-refractivity contribution in [3.8, 4) is 0 Å². The van der Waals surface area contributed by atoms with Gasteiger partial charge in [-0.25, -0.2) is 18.3 Å². The Bertz CT molecular complexity index is 651. The quantitative estimate of drug-likeness (QED) is 0.925. The summed E-state index contributed by atoms with van der Waals surface area (Å²) in [4.78, 5) is 18.3. The van der Waals surface area contributed by atoms with Crippen molar-refractivity contribution in [1.29, 1.82) is 0 Å². The van der Waals surface area contributed by atoms with Crippen molar-refractivity contribution in [1.82, 2.24) is 19.9 Å². The first kappa shape index (κ1) is 14.7. The Morgan fingerprint density at radius 3 is 2.86 bits per heavy atom. The highest BCUT2D eigenvalue weighted by Gasteiger charge is 2.26. The molecule has 2 aromatic heterocycles. The molecule has 1 aliphatic rings. The summed E-state index contributed by atoms with van der Waals surface area (Å²) in [5, 5.41) is 6.47. The van der Waals surface area contributed by atoms with E-state index in [-0.39, 0.29) is 11.8 Å². The van der Waals surface area contributed by atoms with Gasteiger partial charge in [0, 0.05) is 31.4 Å². The van der Waals surface area contributed by atoms with E-state index in [0.29, 0.717) is 25.9 Å². The molecule has 1 amide bonds. The highest BCUT2D eigenvalue weighted by atomic mass is 19.3. The smallest absolute Gasteiger partial charge is 0.255 e. The monoisotopic (exact) mass is 309 g/mol. The van der Waals surface area contributed by atoms with Crippen LogP contribution in [-0.2, 0) is 4.79 Å². The van der Waals surface area contributed by atoms with Crippen LogP contribution in [0.15, 0.2) is 24.7 Å². The molecule has 0 atom stereocenters. The third-order valence-electron chi connectivity index (χ3n) is 3.90. The first-order valence-corrected chi connectivity index (χ1v) is 7.24. The highest BCUT2D eigenvalue weighted by Crippen LogP contribution is 2.25. The van der Waals surface area contributed by atoms with Crippen LogP contribution >= 0.6 is 0 Å². The van der Waals surface area contributed by atoms with Crippen LogP contribution in [0, 0.1) is 5.92 Å². The van der Waals surface area contributed by atoms with Gasteiger partial charge in [0.2, 0.25) is 5.91 Å². The van der Waals surface area contributed by atoms with Gasteiger partial charge in [-0.2, -0.15) is 5.10 Å². The van der Waals surface area contributed by atoms with Crippen LogP contribution in [0.2, 0.25) is 0 Å². The van der Waals surface area contributed by atoms with Crippen LogP contribution in [0.25, 0.3) is 5.52 Å². The maximum Gasteiger partial charge on any atom is 0.255 e. The predicted octanol–water partition coefficient (Wildman–Crippen LogP) is 1.33. The second-order valence-corrected chi connectivity index (χ2v) is 5.31. The lowest BCUT2D eigenvalue weighted by atomic mass is 9.96. The molecular weight excluding hydrogens is 292 g/mol. The molecule has 0 radical (unpaired) electrons. The van der Waals surface area contributed by atoms with Crippen LogP contribution in [0.4, 0.5) is 14.6 Å². The number of nitrogens with zero attached hydrogens (tertiary/aromatic N) is 4. The standard InChI is InChI=1S/C14H17F2N5O/c15-12(16)9-18-14(22)10-2-6-20(7-3-10)13-11-1-4-19-21(11)8-5-17-13/h1,4-5,8,10,12H,2-3,6-7,9H2,(H,18,22).